The van der Waals surface area contributed by atoms with Crippen LogP contribution < -0.4 is 15.1 Å². The number of nitrogens with one attached hydrogen (secondary N) is 1. The van der Waals surface area contributed by atoms with Crippen LogP contribution in [0.4, 0.5) is 11.4 Å². The van der Waals surface area contributed by atoms with Crippen molar-refractivity contribution in [3.8, 4) is 0 Å². The first-order valence-electron chi connectivity index (χ1n) is 11.9. The highest BCUT2D eigenvalue weighted by Gasteiger charge is 2.37. The van der Waals surface area contributed by atoms with E-state index in [1.807, 2.05) is 38.1 Å². The Morgan fingerprint density at radius 2 is 1.91 bits per heavy atom. The zero-order chi connectivity index (χ0) is 24.8. The summed E-state index contributed by atoms with van der Waals surface area (Å²) in [5, 5.41) is 2.80. The van der Waals surface area contributed by atoms with Crippen molar-refractivity contribution in [2.75, 3.05) is 16.3 Å². The molecule has 1 atom stereocenters. The van der Waals surface area contributed by atoms with Crippen molar-refractivity contribution in [2.45, 2.75) is 65.8 Å². The number of thiocarbonyl (C=S) groups is 1. The largest absolute Gasteiger partial charge is 0.366 e. The average molecular weight is 476 g/mol. The molecule has 2 heterocycles. The Morgan fingerprint density at radius 1 is 1.18 bits per heavy atom. The molecule has 2 aromatic rings. The molecule has 0 aromatic heterocycles. The molecule has 6 heteroatoms. The van der Waals surface area contributed by atoms with Crippen LogP contribution in [0.15, 0.2) is 42.0 Å². The van der Waals surface area contributed by atoms with Gasteiger partial charge in [0.2, 0.25) is 0 Å². The minimum atomic E-state index is -0.460. The Bertz CT molecular complexity index is 1210. The van der Waals surface area contributed by atoms with Gasteiger partial charge in [0.1, 0.15) is 5.57 Å². The number of amides is 2. The maximum absolute atomic E-state index is 13.5. The van der Waals surface area contributed by atoms with E-state index in [0.717, 1.165) is 36.1 Å². The molecule has 2 aromatic carbocycles. The van der Waals surface area contributed by atoms with Crippen molar-refractivity contribution in [3.05, 3.63) is 64.2 Å². The van der Waals surface area contributed by atoms with Crippen molar-refractivity contribution in [1.29, 1.82) is 0 Å². The number of carbonyl (C=O) groups excluding carboxylic acids is 2. The van der Waals surface area contributed by atoms with Crippen LogP contribution in [0.1, 0.15) is 68.7 Å². The van der Waals surface area contributed by atoms with E-state index in [4.69, 9.17) is 12.2 Å². The van der Waals surface area contributed by atoms with Gasteiger partial charge in [-0.05, 0) is 111 Å². The van der Waals surface area contributed by atoms with E-state index in [0.29, 0.717) is 11.6 Å². The van der Waals surface area contributed by atoms with E-state index in [1.165, 1.54) is 16.2 Å². The van der Waals surface area contributed by atoms with E-state index < -0.39 is 11.8 Å². The van der Waals surface area contributed by atoms with Gasteiger partial charge in [0, 0.05) is 17.8 Å². The van der Waals surface area contributed by atoms with E-state index >= 15 is 0 Å². The zero-order valence-electron chi connectivity index (χ0n) is 20.9. The number of aryl methyl sites for hydroxylation is 2. The van der Waals surface area contributed by atoms with Crippen molar-refractivity contribution in [2.24, 2.45) is 0 Å². The van der Waals surface area contributed by atoms with Crippen LogP contribution in [0.25, 0.3) is 6.08 Å². The number of anilines is 2. The molecule has 34 heavy (non-hydrogen) atoms. The fourth-order valence-electron chi connectivity index (χ4n) is 5.27. The third-order valence-electron chi connectivity index (χ3n) is 6.88. The number of rotatable bonds is 4. The Morgan fingerprint density at radius 3 is 2.59 bits per heavy atom. The number of fused-ring (bicyclic) bond motifs is 1. The Balaban J connectivity index is 1.78. The maximum Gasteiger partial charge on any atom is 0.270 e. The summed E-state index contributed by atoms with van der Waals surface area (Å²) in [6.07, 6.45) is 3.84. The van der Waals surface area contributed by atoms with Gasteiger partial charge in [-0.2, -0.15) is 0 Å². The van der Waals surface area contributed by atoms with E-state index in [2.05, 4.69) is 50.0 Å². The molecule has 2 aliphatic rings. The molecule has 1 N–H and O–H groups in total. The molecule has 1 fully saturated rings. The van der Waals surface area contributed by atoms with Gasteiger partial charge in [-0.3, -0.25) is 19.8 Å². The standard InChI is InChI=1S/C28H33N3O2S/c1-7-11-30-24-13-18(3)20(14-22(24)19(4)16-28(30,5)6)15-23-25(32)29-27(34)31(26(23)33)21-10-8-9-17(2)12-21/h8-10,12-15,19H,7,11,16H2,1-6H3,(H,29,32,34)/b23-15-. The van der Waals surface area contributed by atoms with Crippen LogP contribution in [0.2, 0.25) is 0 Å². The van der Waals surface area contributed by atoms with Gasteiger partial charge in [-0.15, -0.1) is 0 Å². The van der Waals surface area contributed by atoms with Gasteiger partial charge in [0.05, 0.1) is 5.69 Å². The number of hydrogen-bond donors (Lipinski definition) is 1. The maximum atomic E-state index is 13.5. The number of carbonyl (C=O) groups is 2. The number of benzene rings is 2. The van der Waals surface area contributed by atoms with E-state index in [1.54, 1.807) is 6.08 Å². The first-order chi connectivity index (χ1) is 16.0. The molecular weight excluding hydrogens is 442 g/mol. The topological polar surface area (TPSA) is 52.7 Å². The molecule has 0 spiro atoms. The molecule has 4 rings (SSSR count). The number of nitrogens with zero attached hydrogens (tertiary/aromatic N) is 2. The predicted molar refractivity (Wildman–Crippen MR) is 143 cm³/mol. The van der Waals surface area contributed by atoms with Crippen LogP contribution in [0.3, 0.4) is 0 Å². The molecule has 2 amide bonds. The van der Waals surface area contributed by atoms with Gasteiger partial charge in [0.25, 0.3) is 11.8 Å². The summed E-state index contributed by atoms with van der Waals surface area (Å²) in [5.74, 6) is -0.487. The third-order valence-corrected chi connectivity index (χ3v) is 7.17. The van der Waals surface area contributed by atoms with Gasteiger partial charge >= 0.3 is 0 Å². The van der Waals surface area contributed by atoms with Crippen LogP contribution in [-0.2, 0) is 9.59 Å². The summed E-state index contributed by atoms with van der Waals surface area (Å²) in [4.78, 5) is 30.2. The highest BCUT2D eigenvalue weighted by Crippen LogP contribution is 2.44. The summed E-state index contributed by atoms with van der Waals surface area (Å²) < 4.78 is 0. The van der Waals surface area contributed by atoms with Crippen LogP contribution in [0.5, 0.6) is 0 Å². The summed E-state index contributed by atoms with van der Waals surface area (Å²) in [7, 11) is 0. The van der Waals surface area contributed by atoms with Crippen molar-refractivity contribution in [3.63, 3.8) is 0 Å². The third kappa shape index (κ3) is 4.27. The van der Waals surface area contributed by atoms with Gasteiger partial charge in [0.15, 0.2) is 5.11 Å². The highest BCUT2D eigenvalue weighted by molar-refractivity contribution is 7.80. The lowest BCUT2D eigenvalue weighted by molar-refractivity contribution is -0.122. The normalized spacial score (nSPS) is 21.1. The lowest BCUT2D eigenvalue weighted by Gasteiger charge is -2.48. The molecule has 178 valence electrons. The van der Waals surface area contributed by atoms with E-state index in [-0.39, 0.29) is 16.2 Å². The van der Waals surface area contributed by atoms with Crippen LogP contribution >= 0.6 is 12.2 Å². The second-order valence-electron chi connectivity index (χ2n) is 10.1. The summed E-state index contributed by atoms with van der Waals surface area (Å²) >= 11 is 5.34. The molecule has 5 nitrogen and oxygen atoms in total. The van der Waals surface area contributed by atoms with Crippen molar-refractivity contribution >= 4 is 46.6 Å². The minimum Gasteiger partial charge on any atom is -0.366 e. The second kappa shape index (κ2) is 8.99. The fourth-order valence-corrected chi connectivity index (χ4v) is 5.55. The molecule has 0 saturated carbocycles. The quantitative estimate of drug-likeness (QED) is 0.353. The first kappa shape index (κ1) is 24.1. The van der Waals surface area contributed by atoms with E-state index in [9.17, 15) is 9.59 Å². The van der Waals surface area contributed by atoms with Crippen LogP contribution in [0, 0.1) is 13.8 Å². The minimum absolute atomic E-state index is 0.0814. The first-order valence-corrected chi connectivity index (χ1v) is 12.3. The molecule has 1 unspecified atom stereocenters. The number of hydrogen-bond acceptors (Lipinski definition) is 4. The Hall–Kier alpha value is -2.99. The Kier molecular flexibility index (Phi) is 6.38. The zero-order valence-corrected chi connectivity index (χ0v) is 21.7. The molecule has 2 aliphatic heterocycles. The fraction of sp³-hybridized carbons (Fsp3) is 0.393. The highest BCUT2D eigenvalue weighted by atomic mass is 32.1. The van der Waals surface area contributed by atoms with Crippen LogP contribution in [-0.4, -0.2) is 29.0 Å². The van der Waals surface area contributed by atoms with Crippen molar-refractivity contribution in [1.82, 2.24) is 5.32 Å². The summed E-state index contributed by atoms with van der Waals surface area (Å²) in [5.41, 5.74) is 6.27. The molecule has 0 aliphatic carbocycles. The average Bonchev–Trinajstić information content (AvgIpc) is 2.74. The lowest BCUT2D eigenvalue weighted by atomic mass is 9.78. The molecular formula is C28H33N3O2S. The lowest BCUT2D eigenvalue weighted by Crippen LogP contribution is -2.54. The van der Waals surface area contributed by atoms with Gasteiger partial charge in [-0.25, -0.2) is 0 Å². The molecule has 0 bridgehead atoms. The van der Waals surface area contributed by atoms with Crippen molar-refractivity contribution < 1.29 is 9.59 Å². The Labute approximate surface area is 207 Å². The molecule has 1 saturated heterocycles. The SMILES string of the molecule is CCCN1c2cc(C)c(/C=C3/C(=O)NC(=S)N(c4cccc(C)c4)C3=O)cc2C(C)CC1(C)C. The smallest absolute Gasteiger partial charge is 0.270 e. The summed E-state index contributed by atoms with van der Waals surface area (Å²) in [6, 6.07) is 11.9. The predicted octanol–water partition coefficient (Wildman–Crippen LogP) is 5.64. The monoisotopic (exact) mass is 475 g/mol. The molecule has 0 radical (unpaired) electrons. The second-order valence-corrected chi connectivity index (χ2v) is 10.5. The van der Waals surface area contributed by atoms with Gasteiger partial charge < -0.3 is 4.90 Å². The summed E-state index contributed by atoms with van der Waals surface area (Å²) in [6.45, 7) is 14.1. The van der Waals surface area contributed by atoms with Gasteiger partial charge in [-0.1, -0.05) is 26.0 Å².